The monoisotopic (exact) mass is 432 g/mol. The molecule has 4 nitrogen and oxygen atoms in total. The van der Waals surface area contributed by atoms with Crippen molar-refractivity contribution in [3.63, 3.8) is 0 Å². The van der Waals surface area contributed by atoms with Crippen molar-refractivity contribution in [2.45, 2.75) is 109 Å². The number of hydrogen-bond donors (Lipinski definition) is 4. The van der Waals surface area contributed by atoms with Crippen LogP contribution in [0.2, 0.25) is 0 Å². The number of fused-ring (bicyclic) bond motifs is 1. The van der Waals surface area contributed by atoms with E-state index >= 15 is 0 Å². The van der Waals surface area contributed by atoms with Gasteiger partial charge in [-0.05, 0) is 93.1 Å². The minimum atomic E-state index is -0.834. The lowest BCUT2D eigenvalue weighted by atomic mass is 9.60. The molecule has 0 aliphatic heterocycles. The quantitative estimate of drug-likeness (QED) is 0.491. The Bertz CT molecular complexity index is 715. The van der Waals surface area contributed by atoms with Crippen molar-refractivity contribution < 1.29 is 20.4 Å². The Morgan fingerprint density at radius 2 is 1.94 bits per heavy atom. The van der Waals surface area contributed by atoms with Gasteiger partial charge in [-0.25, -0.2) is 0 Å². The molecule has 3 aliphatic carbocycles. The summed E-state index contributed by atoms with van der Waals surface area (Å²) in [5.41, 5.74) is 2.64. The van der Waals surface area contributed by atoms with Crippen molar-refractivity contribution in [1.82, 2.24) is 0 Å². The molecule has 4 heteroatoms. The molecule has 0 heterocycles. The van der Waals surface area contributed by atoms with Gasteiger partial charge in [0.25, 0.3) is 0 Å². The first-order valence-corrected chi connectivity index (χ1v) is 12.3. The second-order valence-electron chi connectivity index (χ2n) is 11.5. The minimum absolute atomic E-state index is 0.249. The molecule has 0 aromatic heterocycles. The summed E-state index contributed by atoms with van der Waals surface area (Å²) in [7, 11) is 0. The Kier molecular flexibility index (Phi) is 7.57. The Morgan fingerprint density at radius 1 is 1.23 bits per heavy atom. The Hall–Kier alpha value is -0.940. The zero-order valence-electron chi connectivity index (χ0n) is 20.0. The summed E-state index contributed by atoms with van der Waals surface area (Å²) in [6, 6.07) is 0. The van der Waals surface area contributed by atoms with Crippen LogP contribution in [-0.4, -0.2) is 44.3 Å². The maximum atomic E-state index is 10.5. The van der Waals surface area contributed by atoms with Gasteiger partial charge in [0.05, 0.1) is 23.9 Å². The van der Waals surface area contributed by atoms with Gasteiger partial charge in [-0.3, -0.25) is 0 Å². The maximum Gasteiger partial charge on any atom is 0.0811 e. The average molecular weight is 433 g/mol. The van der Waals surface area contributed by atoms with Crippen LogP contribution in [0.3, 0.4) is 0 Å². The van der Waals surface area contributed by atoms with E-state index < -0.39 is 23.9 Å². The van der Waals surface area contributed by atoms with Crippen LogP contribution in [0.4, 0.5) is 0 Å². The van der Waals surface area contributed by atoms with Crippen LogP contribution < -0.4 is 0 Å². The first-order valence-electron chi connectivity index (χ1n) is 12.3. The minimum Gasteiger partial charge on any atom is -0.393 e. The molecule has 0 spiro atoms. The predicted molar refractivity (Wildman–Crippen MR) is 125 cm³/mol. The van der Waals surface area contributed by atoms with Crippen LogP contribution in [0, 0.1) is 23.2 Å². The number of hydrogen-bond acceptors (Lipinski definition) is 4. The van der Waals surface area contributed by atoms with Crippen LogP contribution in [-0.2, 0) is 0 Å². The van der Waals surface area contributed by atoms with Crippen molar-refractivity contribution in [2.24, 2.45) is 23.2 Å². The van der Waals surface area contributed by atoms with E-state index in [4.69, 9.17) is 0 Å². The van der Waals surface area contributed by atoms with Crippen LogP contribution in [0.5, 0.6) is 0 Å². The number of rotatable bonds is 6. The second kappa shape index (κ2) is 9.51. The molecule has 4 N–H and O–H groups in total. The first-order chi connectivity index (χ1) is 14.4. The van der Waals surface area contributed by atoms with Gasteiger partial charge in [0.1, 0.15) is 0 Å². The van der Waals surface area contributed by atoms with E-state index in [0.717, 1.165) is 24.0 Å². The topological polar surface area (TPSA) is 80.9 Å². The van der Waals surface area contributed by atoms with Gasteiger partial charge in [-0.1, -0.05) is 38.2 Å². The molecule has 3 saturated carbocycles. The van der Waals surface area contributed by atoms with Crippen molar-refractivity contribution in [2.75, 3.05) is 0 Å². The molecule has 1 unspecified atom stereocenters. The molecule has 3 aliphatic rings. The highest BCUT2D eigenvalue weighted by molar-refractivity contribution is 5.38. The van der Waals surface area contributed by atoms with Gasteiger partial charge in [0, 0.05) is 12.8 Å². The lowest BCUT2D eigenvalue weighted by Gasteiger charge is -2.44. The van der Waals surface area contributed by atoms with E-state index in [1.54, 1.807) is 13.8 Å². The molecule has 176 valence electrons. The van der Waals surface area contributed by atoms with Crippen molar-refractivity contribution in [3.8, 4) is 0 Å². The van der Waals surface area contributed by atoms with Crippen molar-refractivity contribution >= 4 is 0 Å². The fourth-order valence-electron chi connectivity index (χ4n) is 6.93. The molecule has 3 fully saturated rings. The molecule has 0 saturated heterocycles. The zero-order valence-corrected chi connectivity index (χ0v) is 20.0. The lowest BCUT2D eigenvalue weighted by Crippen LogP contribution is -2.37. The smallest absolute Gasteiger partial charge is 0.0811 e. The molecule has 0 bridgehead atoms. The van der Waals surface area contributed by atoms with Gasteiger partial charge in [0.2, 0.25) is 0 Å². The normalized spacial score (nSPS) is 39.0. The Balaban J connectivity index is 1.72. The third-order valence-electron chi connectivity index (χ3n) is 8.37. The summed E-state index contributed by atoms with van der Waals surface area (Å²) in [6.07, 6.45) is 10.8. The number of allylic oxidation sites excluding steroid dienone is 3. The highest BCUT2D eigenvalue weighted by Gasteiger charge is 2.50. The molecular formula is C27H44O4. The van der Waals surface area contributed by atoms with E-state index in [0.29, 0.717) is 37.0 Å². The molecule has 0 aromatic rings. The van der Waals surface area contributed by atoms with Crippen molar-refractivity contribution in [1.29, 1.82) is 0 Å². The zero-order chi connectivity index (χ0) is 23.0. The molecule has 3 rings (SSSR count). The van der Waals surface area contributed by atoms with Crippen LogP contribution in [0.15, 0.2) is 35.5 Å². The maximum absolute atomic E-state index is 10.5. The lowest BCUT2D eigenvalue weighted by molar-refractivity contribution is 0.000127. The molecule has 7 atom stereocenters. The van der Waals surface area contributed by atoms with E-state index in [1.165, 1.54) is 31.3 Å². The summed E-state index contributed by atoms with van der Waals surface area (Å²) in [4.78, 5) is 0. The summed E-state index contributed by atoms with van der Waals surface area (Å²) in [6.45, 7) is 12.3. The average Bonchev–Trinajstić information content (AvgIpc) is 2.99. The van der Waals surface area contributed by atoms with E-state index in [9.17, 15) is 20.4 Å². The van der Waals surface area contributed by atoms with Crippen molar-refractivity contribution in [3.05, 3.63) is 35.5 Å². The standard InChI is InChI=1S/C27H44O4/c1-17(13-22(29)16-26(3,4)31)23-10-11-24-19(7-6-12-27(23,24)5)8-9-20-14-21(28)15-25(30)18(20)2/h8-9,17,21-25,28-31H,2,6-7,10-16H2,1,3-5H3/t17-,21-,22?,23-,24+,25+,27-/m1/s1. The van der Waals surface area contributed by atoms with E-state index in [2.05, 4.69) is 32.6 Å². The predicted octanol–water partition coefficient (Wildman–Crippen LogP) is 4.68. The summed E-state index contributed by atoms with van der Waals surface area (Å²) in [5.74, 6) is 1.57. The Morgan fingerprint density at radius 3 is 2.61 bits per heavy atom. The third-order valence-corrected chi connectivity index (χ3v) is 8.37. The molecule has 0 amide bonds. The summed E-state index contributed by atoms with van der Waals surface area (Å²) in [5, 5.41) is 40.7. The fraction of sp³-hybridized carbons (Fsp3) is 0.778. The first kappa shape index (κ1) is 24.7. The van der Waals surface area contributed by atoms with Crippen LogP contribution in [0.25, 0.3) is 0 Å². The van der Waals surface area contributed by atoms with Gasteiger partial charge in [-0.2, -0.15) is 0 Å². The van der Waals surface area contributed by atoms with E-state index in [-0.39, 0.29) is 5.41 Å². The van der Waals surface area contributed by atoms with Gasteiger partial charge in [0.15, 0.2) is 0 Å². The summed E-state index contributed by atoms with van der Waals surface area (Å²) < 4.78 is 0. The molecule has 0 radical (unpaired) electrons. The van der Waals surface area contributed by atoms with Gasteiger partial charge < -0.3 is 20.4 Å². The van der Waals surface area contributed by atoms with E-state index in [1.807, 2.05) is 0 Å². The second-order valence-corrected chi connectivity index (χ2v) is 11.5. The third kappa shape index (κ3) is 5.71. The molecule has 0 aromatic carbocycles. The van der Waals surface area contributed by atoms with Gasteiger partial charge in [-0.15, -0.1) is 0 Å². The van der Waals surface area contributed by atoms with Gasteiger partial charge >= 0.3 is 0 Å². The fourth-order valence-corrected chi connectivity index (χ4v) is 6.93. The Labute approximate surface area is 188 Å². The molecule has 31 heavy (non-hydrogen) atoms. The molecular weight excluding hydrogens is 388 g/mol. The summed E-state index contributed by atoms with van der Waals surface area (Å²) >= 11 is 0. The number of aliphatic hydroxyl groups is 4. The van der Waals surface area contributed by atoms with Crippen LogP contribution >= 0.6 is 0 Å². The number of aliphatic hydroxyl groups excluding tert-OH is 3. The largest absolute Gasteiger partial charge is 0.393 e. The van der Waals surface area contributed by atoms with Crippen LogP contribution in [0.1, 0.15) is 85.5 Å². The highest BCUT2D eigenvalue weighted by atomic mass is 16.3. The highest BCUT2D eigenvalue weighted by Crippen LogP contribution is 2.60. The SMILES string of the molecule is C=C1C(=CC=C2CCC[C@]3(C)[C@@H]([C@H](C)CC(O)CC(C)(C)O)CC[C@@H]23)C[C@@H](O)C[C@@H]1O.